The number of methoxy groups -OCH3 is 1. The maximum atomic E-state index is 12.3. The number of nitriles is 1. The van der Waals surface area contributed by atoms with Gasteiger partial charge in [-0.05, 0) is 48.9 Å². The summed E-state index contributed by atoms with van der Waals surface area (Å²) in [5, 5.41) is 19.5. The molecule has 0 saturated heterocycles. The molecule has 1 unspecified atom stereocenters. The van der Waals surface area contributed by atoms with Gasteiger partial charge >= 0.3 is 0 Å². The maximum Gasteiger partial charge on any atom is 0.262 e. The van der Waals surface area contributed by atoms with Crippen LogP contribution in [0.25, 0.3) is 0 Å². The van der Waals surface area contributed by atoms with Crippen LogP contribution in [0.15, 0.2) is 58.4 Å². The highest BCUT2D eigenvalue weighted by molar-refractivity contribution is 9.10. The van der Waals surface area contributed by atoms with E-state index in [2.05, 4.69) is 37.5 Å². The maximum absolute atomic E-state index is 12.3. The van der Waals surface area contributed by atoms with Crippen molar-refractivity contribution in [3.63, 3.8) is 0 Å². The highest BCUT2D eigenvalue weighted by Crippen LogP contribution is 2.44. The molecule has 9 nitrogen and oxygen atoms in total. The van der Waals surface area contributed by atoms with Crippen LogP contribution in [0.1, 0.15) is 22.7 Å². The van der Waals surface area contributed by atoms with E-state index in [1.165, 1.54) is 7.11 Å². The highest BCUT2D eigenvalue weighted by Gasteiger charge is 2.34. The van der Waals surface area contributed by atoms with Gasteiger partial charge in [0.1, 0.15) is 11.6 Å². The zero-order valence-electron chi connectivity index (χ0n) is 17.8. The molecule has 2 aromatic carbocycles. The second-order valence-electron chi connectivity index (χ2n) is 7.25. The second-order valence-corrected chi connectivity index (χ2v) is 8.16. The third-order valence-corrected chi connectivity index (χ3v) is 5.67. The molecule has 0 spiro atoms. The number of H-pyrrole nitrogens is 1. The molecule has 0 aliphatic carbocycles. The Hall–Kier alpha value is -3.97. The normalized spacial score (nSPS) is 14.7. The van der Waals surface area contributed by atoms with Gasteiger partial charge in [-0.1, -0.05) is 22.0 Å². The summed E-state index contributed by atoms with van der Waals surface area (Å²) in [6.07, 6.45) is 0. The van der Waals surface area contributed by atoms with Gasteiger partial charge in [-0.2, -0.15) is 5.26 Å². The number of amides is 1. The monoisotopic (exact) mass is 509 g/mol. The predicted molar refractivity (Wildman–Crippen MR) is 124 cm³/mol. The summed E-state index contributed by atoms with van der Waals surface area (Å²) in [5.41, 5.74) is 9.14. The molecular formula is C23H20BrN5O4. The number of rotatable bonds is 6. The lowest BCUT2D eigenvalue weighted by Gasteiger charge is -2.24. The molecule has 0 saturated carbocycles. The fraction of sp³-hybridized carbons (Fsp3) is 0.174. The number of hydrogen-bond donors (Lipinski definition) is 3. The molecule has 1 aromatic heterocycles. The summed E-state index contributed by atoms with van der Waals surface area (Å²) in [4.78, 5) is 12.3. The predicted octanol–water partition coefficient (Wildman–Crippen LogP) is 3.72. The molecule has 10 heteroatoms. The zero-order valence-corrected chi connectivity index (χ0v) is 19.4. The van der Waals surface area contributed by atoms with E-state index >= 15 is 0 Å². The average molecular weight is 510 g/mol. The largest absolute Gasteiger partial charge is 0.493 e. The molecular weight excluding hydrogens is 490 g/mol. The van der Waals surface area contributed by atoms with Crippen LogP contribution in [0.3, 0.4) is 0 Å². The van der Waals surface area contributed by atoms with Crippen molar-refractivity contribution in [2.24, 2.45) is 5.73 Å². The first-order valence-electron chi connectivity index (χ1n) is 9.90. The first kappa shape index (κ1) is 22.2. The van der Waals surface area contributed by atoms with E-state index in [-0.39, 0.29) is 24.0 Å². The Kier molecular flexibility index (Phi) is 6.24. The Balaban J connectivity index is 1.56. The first-order chi connectivity index (χ1) is 15.9. The van der Waals surface area contributed by atoms with Gasteiger partial charge in [0.25, 0.3) is 5.91 Å². The molecule has 168 valence electrons. The molecule has 2 heterocycles. The summed E-state index contributed by atoms with van der Waals surface area (Å²) in [5.74, 6) is 0.339. The Morgan fingerprint density at radius 1 is 1.30 bits per heavy atom. The zero-order chi connectivity index (χ0) is 23.5. The van der Waals surface area contributed by atoms with E-state index in [0.717, 1.165) is 21.3 Å². The number of carbonyl (C=O) groups is 1. The van der Waals surface area contributed by atoms with Crippen LogP contribution in [-0.2, 0) is 4.79 Å². The summed E-state index contributed by atoms with van der Waals surface area (Å²) < 4.78 is 17.6. The Bertz CT molecular complexity index is 1280. The van der Waals surface area contributed by atoms with E-state index in [4.69, 9.17) is 19.9 Å². The third kappa shape index (κ3) is 4.49. The lowest BCUT2D eigenvalue weighted by Crippen LogP contribution is -2.21. The lowest BCUT2D eigenvalue weighted by atomic mass is 9.84. The van der Waals surface area contributed by atoms with Crippen molar-refractivity contribution in [2.45, 2.75) is 12.8 Å². The van der Waals surface area contributed by atoms with Crippen molar-refractivity contribution in [3.05, 3.63) is 75.2 Å². The van der Waals surface area contributed by atoms with Gasteiger partial charge in [-0.15, -0.1) is 5.10 Å². The number of ether oxygens (including phenoxy) is 3. The minimum atomic E-state index is -0.485. The SMILES string of the molecule is COc1cc(C2C(C#N)=C(N)Oc3n[nH]c(C)c32)ccc1OCC(=O)Nc1ccc(Br)cc1. The number of hydrogen-bond acceptors (Lipinski definition) is 7. The van der Waals surface area contributed by atoms with Crippen molar-refractivity contribution < 1.29 is 19.0 Å². The minimum absolute atomic E-state index is 0.00501. The summed E-state index contributed by atoms with van der Waals surface area (Å²) >= 11 is 3.35. The number of aryl methyl sites for hydroxylation is 1. The summed E-state index contributed by atoms with van der Waals surface area (Å²) in [6, 6.07) is 14.6. The standard InChI is InChI=1S/C23H20BrN5O4/c1-12-20-21(16(10-25)22(26)33-23(20)29-28-12)13-3-8-17(18(9-13)31-2)32-11-19(30)27-15-6-4-14(24)5-7-15/h3-9,21H,11,26H2,1-2H3,(H,27,30)(H,28,29). The van der Waals surface area contributed by atoms with Crippen LogP contribution in [0.2, 0.25) is 0 Å². The minimum Gasteiger partial charge on any atom is -0.493 e. The number of halogens is 1. The van der Waals surface area contributed by atoms with E-state index in [0.29, 0.717) is 23.1 Å². The number of nitrogens with one attached hydrogen (secondary N) is 2. The average Bonchev–Trinajstić information content (AvgIpc) is 3.18. The van der Waals surface area contributed by atoms with Crippen LogP contribution in [-0.4, -0.2) is 29.8 Å². The van der Waals surface area contributed by atoms with Crippen LogP contribution in [0.4, 0.5) is 5.69 Å². The van der Waals surface area contributed by atoms with E-state index in [9.17, 15) is 10.1 Å². The van der Waals surface area contributed by atoms with Crippen molar-refractivity contribution in [2.75, 3.05) is 19.0 Å². The third-order valence-electron chi connectivity index (χ3n) is 5.14. The molecule has 1 aliphatic heterocycles. The van der Waals surface area contributed by atoms with Gasteiger partial charge in [-0.3, -0.25) is 9.89 Å². The molecule has 3 aromatic rings. The fourth-order valence-electron chi connectivity index (χ4n) is 3.59. The molecule has 4 rings (SSSR count). The number of benzene rings is 2. The molecule has 1 aliphatic rings. The van der Waals surface area contributed by atoms with E-state index in [1.54, 1.807) is 30.3 Å². The number of carbonyl (C=O) groups excluding carboxylic acids is 1. The fourth-order valence-corrected chi connectivity index (χ4v) is 3.85. The molecule has 0 radical (unpaired) electrons. The summed E-state index contributed by atoms with van der Waals surface area (Å²) in [7, 11) is 1.50. The molecule has 33 heavy (non-hydrogen) atoms. The number of nitrogens with two attached hydrogens (primary N) is 1. The number of allylic oxidation sites excluding steroid dienone is 1. The number of nitrogens with zero attached hydrogens (tertiary/aromatic N) is 2. The van der Waals surface area contributed by atoms with Gasteiger partial charge in [0.15, 0.2) is 18.1 Å². The van der Waals surface area contributed by atoms with E-state index < -0.39 is 5.92 Å². The van der Waals surface area contributed by atoms with Crippen LogP contribution >= 0.6 is 15.9 Å². The molecule has 0 bridgehead atoms. The van der Waals surface area contributed by atoms with Gasteiger partial charge in [0.2, 0.25) is 11.8 Å². The molecule has 1 atom stereocenters. The smallest absolute Gasteiger partial charge is 0.262 e. The molecule has 4 N–H and O–H groups in total. The Labute approximate surface area is 198 Å². The van der Waals surface area contributed by atoms with Gasteiger partial charge in [0, 0.05) is 21.4 Å². The molecule has 1 amide bonds. The van der Waals surface area contributed by atoms with Crippen molar-refractivity contribution in [1.29, 1.82) is 5.26 Å². The van der Waals surface area contributed by atoms with Crippen LogP contribution < -0.4 is 25.3 Å². The first-order valence-corrected chi connectivity index (χ1v) is 10.7. The highest BCUT2D eigenvalue weighted by atomic mass is 79.9. The van der Waals surface area contributed by atoms with Gasteiger partial charge < -0.3 is 25.3 Å². The second kappa shape index (κ2) is 9.26. The van der Waals surface area contributed by atoms with Crippen molar-refractivity contribution in [3.8, 4) is 23.4 Å². The topological polar surface area (TPSA) is 135 Å². The number of fused-ring (bicyclic) bond motifs is 1. The number of anilines is 1. The Morgan fingerprint density at radius 2 is 2.06 bits per heavy atom. The Morgan fingerprint density at radius 3 is 2.76 bits per heavy atom. The quantitative estimate of drug-likeness (QED) is 0.460. The summed E-state index contributed by atoms with van der Waals surface area (Å²) in [6.45, 7) is 1.64. The van der Waals surface area contributed by atoms with Gasteiger partial charge in [0.05, 0.1) is 13.0 Å². The van der Waals surface area contributed by atoms with Crippen LogP contribution in [0, 0.1) is 18.3 Å². The van der Waals surface area contributed by atoms with Crippen molar-refractivity contribution in [1.82, 2.24) is 10.2 Å². The number of aromatic amines is 1. The van der Waals surface area contributed by atoms with Crippen LogP contribution in [0.5, 0.6) is 17.4 Å². The van der Waals surface area contributed by atoms with E-state index in [1.807, 2.05) is 19.1 Å². The number of aromatic nitrogens is 2. The van der Waals surface area contributed by atoms with Gasteiger partial charge in [-0.25, -0.2) is 0 Å². The molecule has 0 fully saturated rings. The van der Waals surface area contributed by atoms with Crippen molar-refractivity contribution >= 4 is 27.5 Å². The lowest BCUT2D eigenvalue weighted by molar-refractivity contribution is -0.118.